The van der Waals surface area contributed by atoms with Gasteiger partial charge in [-0.3, -0.25) is 4.79 Å². The van der Waals surface area contributed by atoms with Crippen LogP contribution in [0.3, 0.4) is 0 Å². The predicted octanol–water partition coefficient (Wildman–Crippen LogP) is 4.73. The Balaban J connectivity index is 1.69. The lowest BCUT2D eigenvalue weighted by Crippen LogP contribution is -2.17. The van der Waals surface area contributed by atoms with Crippen LogP contribution in [0.2, 0.25) is 5.02 Å². The summed E-state index contributed by atoms with van der Waals surface area (Å²) in [5.74, 6) is 0.373. The highest BCUT2D eigenvalue weighted by molar-refractivity contribution is 6.30. The van der Waals surface area contributed by atoms with Gasteiger partial charge in [-0.15, -0.1) is 0 Å². The molecule has 0 spiro atoms. The maximum atomic E-state index is 12.5. The number of carbonyl (C=O) groups is 2. The molecule has 0 atom stereocenters. The van der Waals surface area contributed by atoms with Crippen molar-refractivity contribution in [2.45, 2.75) is 6.92 Å². The minimum absolute atomic E-state index is 0.271. The molecule has 0 aliphatic rings. The molecular weight excluding hydrogens is 432 g/mol. The van der Waals surface area contributed by atoms with E-state index in [4.69, 9.17) is 25.8 Å². The molecule has 0 bridgehead atoms. The van der Waals surface area contributed by atoms with Gasteiger partial charge in [0.05, 0.1) is 25.5 Å². The smallest absolute Gasteiger partial charge is 0.343 e. The second-order valence-electron chi connectivity index (χ2n) is 6.47. The molecule has 0 saturated heterocycles. The number of hydrazone groups is 1. The fourth-order valence-electron chi connectivity index (χ4n) is 2.70. The summed E-state index contributed by atoms with van der Waals surface area (Å²) in [5, 5.41) is 4.42. The Bertz CT molecular complexity index is 1130. The Hall–Kier alpha value is -3.84. The highest BCUT2D eigenvalue weighted by atomic mass is 35.5. The molecule has 164 valence electrons. The fourth-order valence-corrected chi connectivity index (χ4v) is 2.89. The van der Waals surface area contributed by atoms with Gasteiger partial charge in [-0.2, -0.15) is 5.10 Å². The molecule has 0 unspecified atom stereocenters. The first-order chi connectivity index (χ1) is 15.5. The zero-order chi connectivity index (χ0) is 22.9. The van der Waals surface area contributed by atoms with E-state index in [9.17, 15) is 9.59 Å². The SMILES string of the molecule is CCOc1cc(C=NNC(=O)c2cccc(Cl)c2)ccc1OC(=O)c1ccc(OC)cc1. The predicted molar refractivity (Wildman–Crippen MR) is 122 cm³/mol. The van der Waals surface area contributed by atoms with E-state index in [1.165, 1.54) is 6.21 Å². The van der Waals surface area contributed by atoms with Gasteiger partial charge in [0.2, 0.25) is 0 Å². The topological polar surface area (TPSA) is 86.2 Å². The monoisotopic (exact) mass is 452 g/mol. The zero-order valence-electron chi connectivity index (χ0n) is 17.5. The van der Waals surface area contributed by atoms with Gasteiger partial charge in [0.25, 0.3) is 5.91 Å². The lowest BCUT2D eigenvalue weighted by atomic mass is 10.2. The van der Waals surface area contributed by atoms with Crippen LogP contribution in [0.5, 0.6) is 17.2 Å². The minimum Gasteiger partial charge on any atom is -0.497 e. The third-order valence-corrected chi connectivity index (χ3v) is 4.50. The molecule has 7 nitrogen and oxygen atoms in total. The van der Waals surface area contributed by atoms with Crippen LogP contribution < -0.4 is 19.6 Å². The van der Waals surface area contributed by atoms with E-state index in [1.807, 2.05) is 6.92 Å². The Morgan fingerprint density at radius 1 is 1.00 bits per heavy atom. The summed E-state index contributed by atoms with van der Waals surface area (Å²) < 4.78 is 16.2. The molecule has 3 aromatic rings. The summed E-state index contributed by atoms with van der Waals surface area (Å²) in [7, 11) is 1.55. The second kappa shape index (κ2) is 11.0. The first kappa shape index (κ1) is 22.8. The molecule has 0 heterocycles. The Kier molecular flexibility index (Phi) is 7.83. The number of carbonyl (C=O) groups excluding carboxylic acids is 2. The third kappa shape index (κ3) is 6.09. The molecule has 1 N–H and O–H groups in total. The van der Waals surface area contributed by atoms with Crippen LogP contribution in [0.15, 0.2) is 71.8 Å². The molecule has 0 aliphatic carbocycles. The van der Waals surface area contributed by atoms with E-state index in [0.717, 1.165) is 0 Å². The number of esters is 1. The van der Waals surface area contributed by atoms with E-state index >= 15 is 0 Å². The van der Waals surface area contributed by atoms with Crippen molar-refractivity contribution in [2.24, 2.45) is 5.10 Å². The quantitative estimate of drug-likeness (QED) is 0.231. The van der Waals surface area contributed by atoms with Gasteiger partial charge < -0.3 is 14.2 Å². The Morgan fingerprint density at radius 3 is 2.47 bits per heavy atom. The largest absolute Gasteiger partial charge is 0.497 e. The highest BCUT2D eigenvalue weighted by Crippen LogP contribution is 2.29. The lowest BCUT2D eigenvalue weighted by molar-refractivity contribution is 0.0728. The summed E-state index contributed by atoms with van der Waals surface area (Å²) in [4.78, 5) is 24.6. The fraction of sp³-hybridized carbons (Fsp3) is 0.125. The van der Waals surface area contributed by atoms with Crippen molar-refractivity contribution >= 4 is 29.7 Å². The van der Waals surface area contributed by atoms with E-state index in [0.29, 0.717) is 39.8 Å². The van der Waals surface area contributed by atoms with Crippen LogP contribution in [-0.2, 0) is 0 Å². The Labute approximate surface area is 190 Å². The number of hydrogen-bond acceptors (Lipinski definition) is 6. The number of nitrogens with one attached hydrogen (secondary N) is 1. The van der Waals surface area contributed by atoms with Gasteiger partial charge in [0.15, 0.2) is 11.5 Å². The summed E-state index contributed by atoms with van der Waals surface area (Å²) >= 11 is 5.90. The average molecular weight is 453 g/mol. The Morgan fingerprint density at radius 2 is 1.78 bits per heavy atom. The van der Waals surface area contributed by atoms with Crippen LogP contribution in [0, 0.1) is 0 Å². The molecule has 3 rings (SSSR count). The molecule has 32 heavy (non-hydrogen) atoms. The van der Waals surface area contributed by atoms with E-state index in [-0.39, 0.29) is 11.7 Å². The third-order valence-electron chi connectivity index (χ3n) is 4.26. The summed E-state index contributed by atoms with van der Waals surface area (Å²) in [6, 6.07) is 18.1. The number of amides is 1. The number of benzene rings is 3. The van der Waals surface area contributed by atoms with Crippen molar-refractivity contribution in [3.8, 4) is 17.2 Å². The molecule has 0 fully saturated rings. The number of ether oxygens (including phenoxy) is 3. The number of hydrogen-bond donors (Lipinski definition) is 1. The molecular formula is C24H21ClN2O5. The number of nitrogens with zero attached hydrogens (tertiary/aromatic N) is 1. The van der Waals surface area contributed by atoms with Gasteiger partial charge >= 0.3 is 5.97 Å². The molecule has 0 aromatic heterocycles. The van der Waals surface area contributed by atoms with Crippen LogP contribution in [0.25, 0.3) is 0 Å². The molecule has 8 heteroatoms. The minimum atomic E-state index is -0.524. The van der Waals surface area contributed by atoms with Crippen molar-refractivity contribution in [1.82, 2.24) is 5.43 Å². The number of methoxy groups -OCH3 is 1. The maximum absolute atomic E-state index is 12.5. The van der Waals surface area contributed by atoms with Crippen molar-refractivity contribution in [1.29, 1.82) is 0 Å². The van der Waals surface area contributed by atoms with Crippen LogP contribution in [-0.4, -0.2) is 31.8 Å². The number of halogens is 1. The van der Waals surface area contributed by atoms with Gasteiger partial charge in [0, 0.05) is 10.6 Å². The van der Waals surface area contributed by atoms with E-state index in [2.05, 4.69) is 10.5 Å². The van der Waals surface area contributed by atoms with Crippen LogP contribution in [0.4, 0.5) is 0 Å². The molecule has 1 amide bonds. The first-order valence-corrected chi connectivity index (χ1v) is 10.1. The zero-order valence-corrected chi connectivity index (χ0v) is 18.3. The lowest BCUT2D eigenvalue weighted by Gasteiger charge is -2.11. The molecule has 0 aliphatic heterocycles. The highest BCUT2D eigenvalue weighted by Gasteiger charge is 2.13. The number of rotatable bonds is 8. The van der Waals surface area contributed by atoms with Gasteiger partial charge in [-0.05, 0) is 73.2 Å². The standard InChI is InChI=1S/C24H21ClN2O5/c1-3-31-22-13-16(15-26-27-23(28)18-5-4-6-19(25)14-18)7-12-21(22)32-24(29)17-8-10-20(30-2)11-9-17/h4-15H,3H2,1-2H3,(H,27,28). The van der Waals surface area contributed by atoms with Crippen molar-refractivity contribution in [2.75, 3.05) is 13.7 Å². The molecule has 0 saturated carbocycles. The molecule has 3 aromatic carbocycles. The van der Waals surface area contributed by atoms with Crippen LogP contribution >= 0.6 is 11.6 Å². The first-order valence-electron chi connectivity index (χ1n) is 9.72. The van der Waals surface area contributed by atoms with Crippen molar-refractivity contribution in [3.63, 3.8) is 0 Å². The average Bonchev–Trinajstić information content (AvgIpc) is 2.80. The van der Waals surface area contributed by atoms with Crippen molar-refractivity contribution < 1.29 is 23.8 Å². The summed E-state index contributed by atoms with van der Waals surface area (Å²) in [6.45, 7) is 2.19. The summed E-state index contributed by atoms with van der Waals surface area (Å²) in [6.07, 6.45) is 1.46. The van der Waals surface area contributed by atoms with E-state index in [1.54, 1.807) is 73.8 Å². The second-order valence-corrected chi connectivity index (χ2v) is 6.90. The summed E-state index contributed by atoms with van der Waals surface area (Å²) in [5.41, 5.74) is 3.85. The van der Waals surface area contributed by atoms with Crippen LogP contribution in [0.1, 0.15) is 33.2 Å². The normalized spacial score (nSPS) is 10.6. The van der Waals surface area contributed by atoms with Crippen molar-refractivity contribution in [3.05, 3.63) is 88.4 Å². The van der Waals surface area contributed by atoms with Gasteiger partial charge in [0.1, 0.15) is 5.75 Å². The van der Waals surface area contributed by atoms with Gasteiger partial charge in [-0.1, -0.05) is 17.7 Å². The van der Waals surface area contributed by atoms with Gasteiger partial charge in [-0.25, -0.2) is 10.2 Å². The maximum Gasteiger partial charge on any atom is 0.343 e. The van der Waals surface area contributed by atoms with E-state index < -0.39 is 5.97 Å². The molecule has 0 radical (unpaired) electrons.